The van der Waals surface area contributed by atoms with Crippen molar-refractivity contribution in [3.05, 3.63) is 29.0 Å². The SMILES string of the molecule is CCNC(=NCC1CCCOC1C(C)(C)C)NCCc1ccc(Cl)nc1. The minimum atomic E-state index is 0.147. The van der Waals surface area contributed by atoms with Gasteiger partial charge in [-0.15, -0.1) is 0 Å². The van der Waals surface area contributed by atoms with Gasteiger partial charge in [-0.3, -0.25) is 4.99 Å². The van der Waals surface area contributed by atoms with E-state index in [0.717, 1.165) is 50.6 Å². The van der Waals surface area contributed by atoms with Gasteiger partial charge in [-0.25, -0.2) is 4.98 Å². The fourth-order valence-electron chi connectivity index (χ4n) is 3.42. The van der Waals surface area contributed by atoms with E-state index in [2.05, 4.69) is 43.3 Å². The van der Waals surface area contributed by atoms with E-state index < -0.39 is 0 Å². The molecule has 5 nitrogen and oxygen atoms in total. The van der Waals surface area contributed by atoms with Crippen LogP contribution in [0.15, 0.2) is 23.3 Å². The van der Waals surface area contributed by atoms with Crippen LogP contribution < -0.4 is 10.6 Å². The van der Waals surface area contributed by atoms with Gasteiger partial charge in [-0.2, -0.15) is 0 Å². The number of nitrogens with zero attached hydrogens (tertiary/aromatic N) is 2. The lowest BCUT2D eigenvalue weighted by atomic mass is 9.78. The van der Waals surface area contributed by atoms with Crippen molar-refractivity contribution < 1.29 is 4.74 Å². The number of ether oxygens (including phenoxy) is 1. The van der Waals surface area contributed by atoms with Crippen LogP contribution in [0.25, 0.3) is 0 Å². The summed E-state index contributed by atoms with van der Waals surface area (Å²) in [4.78, 5) is 8.94. The second-order valence-electron chi connectivity index (χ2n) is 7.95. The van der Waals surface area contributed by atoms with Crippen molar-refractivity contribution in [2.45, 2.75) is 53.1 Å². The smallest absolute Gasteiger partial charge is 0.191 e. The molecule has 1 saturated heterocycles. The first kappa shape index (κ1) is 21.0. The lowest BCUT2D eigenvalue weighted by molar-refractivity contribution is -0.0823. The predicted octanol–water partition coefficient (Wildman–Crippen LogP) is 3.67. The number of hydrogen-bond acceptors (Lipinski definition) is 3. The van der Waals surface area contributed by atoms with Gasteiger partial charge >= 0.3 is 0 Å². The Morgan fingerprint density at radius 3 is 2.81 bits per heavy atom. The Hall–Kier alpha value is -1.33. The summed E-state index contributed by atoms with van der Waals surface area (Å²) in [5.41, 5.74) is 1.31. The van der Waals surface area contributed by atoms with E-state index in [-0.39, 0.29) is 11.5 Å². The minimum absolute atomic E-state index is 0.147. The van der Waals surface area contributed by atoms with E-state index in [1.165, 1.54) is 6.42 Å². The molecular weight excluding hydrogens is 348 g/mol. The number of pyridine rings is 1. The van der Waals surface area contributed by atoms with E-state index in [0.29, 0.717) is 11.1 Å². The van der Waals surface area contributed by atoms with Crippen LogP contribution in [-0.2, 0) is 11.2 Å². The summed E-state index contributed by atoms with van der Waals surface area (Å²) in [6.07, 6.45) is 5.28. The summed E-state index contributed by atoms with van der Waals surface area (Å²) in [6, 6.07) is 3.83. The van der Waals surface area contributed by atoms with Gasteiger partial charge in [0, 0.05) is 38.4 Å². The third-order valence-electron chi connectivity index (χ3n) is 4.62. The van der Waals surface area contributed by atoms with Crippen molar-refractivity contribution >= 4 is 17.6 Å². The molecular formula is C20H33ClN4O. The summed E-state index contributed by atoms with van der Waals surface area (Å²) >= 11 is 5.83. The monoisotopic (exact) mass is 380 g/mol. The maximum atomic E-state index is 6.07. The molecule has 146 valence electrons. The van der Waals surface area contributed by atoms with E-state index in [4.69, 9.17) is 21.3 Å². The highest BCUT2D eigenvalue weighted by Crippen LogP contribution is 2.34. The second-order valence-corrected chi connectivity index (χ2v) is 8.33. The van der Waals surface area contributed by atoms with Gasteiger partial charge in [-0.05, 0) is 43.2 Å². The van der Waals surface area contributed by atoms with Gasteiger partial charge in [0.25, 0.3) is 0 Å². The zero-order valence-electron chi connectivity index (χ0n) is 16.5. The normalized spacial score (nSPS) is 21.5. The van der Waals surface area contributed by atoms with E-state index in [1.54, 1.807) is 0 Å². The number of aromatic nitrogens is 1. The number of nitrogens with one attached hydrogen (secondary N) is 2. The van der Waals surface area contributed by atoms with Crippen LogP contribution in [-0.4, -0.2) is 43.3 Å². The highest BCUT2D eigenvalue weighted by Gasteiger charge is 2.35. The van der Waals surface area contributed by atoms with Crippen LogP contribution in [0, 0.1) is 11.3 Å². The summed E-state index contributed by atoms with van der Waals surface area (Å²) in [5.74, 6) is 1.34. The molecule has 2 N–H and O–H groups in total. The highest BCUT2D eigenvalue weighted by atomic mass is 35.5. The van der Waals surface area contributed by atoms with Crippen molar-refractivity contribution in [2.24, 2.45) is 16.3 Å². The average molecular weight is 381 g/mol. The maximum Gasteiger partial charge on any atom is 0.191 e. The zero-order chi connectivity index (χ0) is 19.0. The molecule has 0 radical (unpaired) electrons. The molecule has 1 fully saturated rings. The molecule has 1 aromatic rings. The molecule has 0 amide bonds. The van der Waals surface area contributed by atoms with Crippen LogP contribution in [0.5, 0.6) is 0 Å². The van der Waals surface area contributed by atoms with Gasteiger partial charge in [0.15, 0.2) is 5.96 Å². The number of halogens is 1. The Morgan fingerprint density at radius 1 is 1.35 bits per heavy atom. The first-order valence-corrected chi connectivity index (χ1v) is 10.0. The zero-order valence-corrected chi connectivity index (χ0v) is 17.3. The largest absolute Gasteiger partial charge is 0.377 e. The Bertz CT molecular complexity index is 568. The van der Waals surface area contributed by atoms with Gasteiger partial charge in [-0.1, -0.05) is 38.4 Å². The van der Waals surface area contributed by atoms with Crippen LogP contribution in [0.3, 0.4) is 0 Å². The van der Waals surface area contributed by atoms with Crippen molar-refractivity contribution in [1.29, 1.82) is 0 Å². The Kier molecular flexibility index (Phi) is 8.16. The number of hydrogen-bond donors (Lipinski definition) is 2. The molecule has 0 saturated carbocycles. The van der Waals surface area contributed by atoms with Crippen LogP contribution in [0.2, 0.25) is 5.15 Å². The fourth-order valence-corrected chi connectivity index (χ4v) is 3.53. The number of aliphatic imine (C=N–C) groups is 1. The highest BCUT2D eigenvalue weighted by molar-refractivity contribution is 6.29. The topological polar surface area (TPSA) is 58.5 Å². The third kappa shape index (κ3) is 6.76. The fraction of sp³-hybridized carbons (Fsp3) is 0.700. The molecule has 1 aliphatic heterocycles. The van der Waals surface area contributed by atoms with E-state index in [1.807, 2.05) is 18.3 Å². The molecule has 2 unspecified atom stereocenters. The molecule has 0 aliphatic carbocycles. The minimum Gasteiger partial charge on any atom is -0.377 e. The molecule has 6 heteroatoms. The van der Waals surface area contributed by atoms with Gasteiger partial charge in [0.2, 0.25) is 0 Å². The van der Waals surface area contributed by atoms with E-state index in [9.17, 15) is 0 Å². The lowest BCUT2D eigenvalue weighted by Gasteiger charge is -2.39. The van der Waals surface area contributed by atoms with Crippen LogP contribution >= 0.6 is 11.6 Å². The maximum absolute atomic E-state index is 6.07. The van der Waals surface area contributed by atoms with Crippen LogP contribution in [0.1, 0.15) is 46.1 Å². The van der Waals surface area contributed by atoms with Crippen LogP contribution in [0.4, 0.5) is 0 Å². The number of guanidine groups is 1. The van der Waals surface area contributed by atoms with Crippen molar-refractivity contribution in [1.82, 2.24) is 15.6 Å². The quantitative estimate of drug-likeness (QED) is 0.449. The second kappa shape index (κ2) is 10.1. The third-order valence-corrected chi connectivity index (χ3v) is 4.84. The molecule has 0 bridgehead atoms. The Balaban J connectivity index is 1.89. The summed E-state index contributed by atoms with van der Waals surface area (Å²) in [5, 5.41) is 7.27. The lowest BCUT2D eigenvalue weighted by Crippen LogP contribution is -2.43. The molecule has 2 rings (SSSR count). The average Bonchev–Trinajstić information content (AvgIpc) is 2.61. The van der Waals surface area contributed by atoms with E-state index >= 15 is 0 Å². The summed E-state index contributed by atoms with van der Waals surface area (Å²) in [7, 11) is 0. The predicted molar refractivity (Wildman–Crippen MR) is 109 cm³/mol. The molecule has 26 heavy (non-hydrogen) atoms. The summed E-state index contributed by atoms with van der Waals surface area (Å²) < 4.78 is 6.07. The summed E-state index contributed by atoms with van der Waals surface area (Å²) in [6.45, 7) is 12.2. The number of rotatable bonds is 6. The molecule has 1 aromatic heterocycles. The van der Waals surface area contributed by atoms with Gasteiger partial charge in [0.05, 0.1) is 6.10 Å². The van der Waals surface area contributed by atoms with Gasteiger partial charge in [0.1, 0.15) is 5.15 Å². The molecule has 2 heterocycles. The standard InChI is InChI=1S/C20H33ClN4O/c1-5-22-19(23-11-10-15-8-9-17(21)24-13-15)25-14-16-7-6-12-26-18(16)20(2,3)4/h8-9,13,16,18H,5-7,10-12,14H2,1-4H3,(H2,22,23,25). The van der Waals surface area contributed by atoms with Crippen molar-refractivity contribution in [3.63, 3.8) is 0 Å². The first-order valence-electron chi connectivity index (χ1n) is 9.64. The molecule has 1 aliphatic rings. The molecule has 2 atom stereocenters. The first-order chi connectivity index (χ1) is 12.4. The van der Waals surface area contributed by atoms with Gasteiger partial charge < -0.3 is 15.4 Å². The Labute approximate surface area is 163 Å². The van der Waals surface area contributed by atoms with Crippen molar-refractivity contribution in [2.75, 3.05) is 26.2 Å². The molecule has 0 spiro atoms. The molecule has 0 aromatic carbocycles. The van der Waals surface area contributed by atoms with Crippen molar-refractivity contribution in [3.8, 4) is 0 Å². The Morgan fingerprint density at radius 2 is 2.15 bits per heavy atom.